The van der Waals surface area contributed by atoms with Crippen LogP contribution in [0.1, 0.15) is 11.1 Å². The zero-order valence-electron chi connectivity index (χ0n) is 9.83. The standard InChI is InChI=1S/C12H12F3NO3/c13-12(14,15)11(18)16-9-4-8-3-7(5-17)1-2-10(8)19-6-9/h1-3,9,17H,4-6H2,(H,16,18)/t9-/m1/s1. The molecule has 1 heterocycles. The molecule has 0 saturated heterocycles. The first kappa shape index (κ1) is 13.7. The van der Waals surface area contributed by atoms with E-state index in [9.17, 15) is 18.0 Å². The summed E-state index contributed by atoms with van der Waals surface area (Å²) in [5, 5.41) is 10.9. The summed E-state index contributed by atoms with van der Waals surface area (Å²) in [7, 11) is 0. The van der Waals surface area contributed by atoms with Gasteiger partial charge in [0.05, 0.1) is 12.6 Å². The summed E-state index contributed by atoms with van der Waals surface area (Å²) in [5.41, 5.74) is 1.32. The van der Waals surface area contributed by atoms with Gasteiger partial charge in [0.1, 0.15) is 12.4 Å². The van der Waals surface area contributed by atoms with E-state index in [1.807, 2.05) is 5.32 Å². The van der Waals surface area contributed by atoms with Gasteiger partial charge in [-0.1, -0.05) is 6.07 Å². The van der Waals surface area contributed by atoms with Crippen LogP contribution in [-0.2, 0) is 17.8 Å². The Labute approximate surface area is 107 Å². The van der Waals surface area contributed by atoms with Gasteiger partial charge in [-0.2, -0.15) is 13.2 Å². The molecule has 0 spiro atoms. The second-order valence-corrected chi connectivity index (χ2v) is 4.28. The number of amides is 1. The minimum absolute atomic E-state index is 0.00666. The first-order valence-corrected chi connectivity index (χ1v) is 5.63. The van der Waals surface area contributed by atoms with E-state index in [1.165, 1.54) is 0 Å². The number of halogens is 3. The van der Waals surface area contributed by atoms with Crippen molar-refractivity contribution in [2.24, 2.45) is 0 Å². The van der Waals surface area contributed by atoms with E-state index in [2.05, 4.69) is 0 Å². The molecule has 0 aromatic heterocycles. The van der Waals surface area contributed by atoms with E-state index in [0.29, 0.717) is 16.9 Å². The van der Waals surface area contributed by atoms with Crippen molar-refractivity contribution in [2.75, 3.05) is 6.61 Å². The molecule has 0 saturated carbocycles. The number of alkyl halides is 3. The lowest BCUT2D eigenvalue weighted by molar-refractivity contribution is -0.174. The van der Waals surface area contributed by atoms with Gasteiger partial charge in [0.25, 0.3) is 0 Å². The van der Waals surface area contributed by atoms with Crippen molar-refractivity contribution in [3.63, 3.8) is 0 Å². The van der Waals surface area contributed by atoms with Crippen molar-refractivity contribution in [1.82, 2.24) is 5.32 Å². The van der Waals surface area contributed by atoms with Crippen LogP contribution in [0.5, 0.6) is 5.75 Å². The second kappa shape index (κ2) is 5.08. The number of aliphatic hydroxyl groups is 1. The Hall–Kier alpha value is -1.76. The van der Waals surface area contributed by atoms with Crippen LogP contribution in [0.15, 0.2) is 18.2 Å². The maximum Gasteiger partial charge on any atom is 0.471 e. The lowest BCUT2D eigenvalue weighted by Crippen LogP contribution is -2.48. The van der Waals surface area contributed by atoms with Crippen LogP contribution in [0.25, 0.3) is 0 Å². The summed E-state index contributed by atoms with van der Waals surface area (Å²) in [5.74, 6) is -1.41. The molecular weight excluding hydrogens is 263 g/mol. The van der Waals surface area contributed by atoms with Crippen LogP contribution in [0.3, 0.4) is 0 Å². The van der Waals surface area contributed by atoms with Crippen molar-refractivity contribution in [1.29, 1.82) is 0 Å². The molecule has 0 aliphatic carbocycles. The molecule has 0 unspecified atom stereocenters. The predicted molar refractivity (Wildman–Crippen MR) is 59.5 cm³/mol. The molecule has 1 aliphatic heterocycles. The third kappa shape index (κ3) is 3.17. The molecule has 1 aromatic rings. The number of carbonyl (C=O) groups is 1. The van der Waals surface area contributed by atoms with Gasteiger partial charge in [-0.15, -0.1) is 0 Å². The highest BCUT2D eigenvalue weighted by Gasteiger charge is 2.40. The van der Waals surface area contributed by atoms with Crippen LogP contribution >= 0.6 is 0 Å². The average Bonchev–Trinajstić information content (AvgIpc) is 2.36. The number of aliphatic hydroxyl groups excluding tert-OH is 1. The Morgan fingerprint density at radius 3 is 2.84 bits per heavy atom. The molecule has 4 nitrogen and oxygen atoms in total. The van der Waals surface area contributed by atoms with Gasteiger partial charge in [0, 0.05) is 0 Å². The van der Waals surface area contributed by atoms with Crippen LogP contribution in [0, 0.1) is 0 Å². The predicted octanol–water partition coefficient (Wildman–Crippen LogP) is 1.16. The summed E-state index contributed by atoms with van der Waals surface area (Å²) in [6.45, 7) is -0.167. The van der Waals surface area contributed by atoms with E-state index >= 15 is 0 Å². The van der Waals surface area contributed by atoms with Crippen molar-refractivity contribution in [3.05, 3.63) is 29.3 Å². The van der Waals surface area contributed by atoms with Crippen LogP contribution in [0.2, 0.25) is 0 Å². The molecule has 1 amide bonds. The maximum absolute atomic E-state index is 12.1. The van der Waals surface area contributed by atoms with E-state index in [1.54, 1.807) is 18.2 Å². The number of fused-ring (bicyclic) bond motifs is 1. The molecule has 0 radical (unpaired) electrons. The zero-order chi connectivity index (χ0) is 14.0. The molecule has 104 valence electrons. The number of carbonyl (C=O) groups excluding carboxylic acids is 1. The number of rotatable bonds is 2. The summed E-state index contributed by atoms with van der Waals surface area (Å²) < 4.78 is 41.7. The molecule has 7 heteroatoms. The highest BCUT2D eigenvalue weighted by atomic mass is 19.4. The second-order valence-electron chi connectivity index (χ2n) is 4.28. The molecule has 0 bridgehead atoms. The Bertz CT molecular complexity index is 488. The highest BCUT2D eigenvalue weighted by molar-refractivity contribution is 5.82. The molecule has 0 fully saturated rings. The molecule has 1 aliphatic rings. The first-order valence-electron chi connectivity index (χ1n) is 5.63. The molecule has 2 rings (SSSR count). The lowest BCUT2D eigenvalue weighted by atomic mass is 10.0. The Balaban J connectivity index is 2.07. The minimum Gasteiger partial charge on any atom is -0.491 e. The summed E-state index contributed by atoms with van der Waals surface area (Å²) in [6, 6.07) is 4.26. The summed E-state index contributed by atoms with van der Waals surface area (Å²) >= 11 is 0. The third-order valence-electron chi connectivity index (χ3n) is 2.81. The molecular formula is C12H12F3NO3. The van der Waals surface area contributed by atoms with Gasteiger partial charge >= 0.3 is 12.1 Å². The Morgan fingerprint density at radius 1 is 1.47 bits per heavy atom. The SMILES string of the molecule is O=C(N[C@H]1COc2ccc(CO)cc2C1)C(F)(F)F. The first-order chi connectivity index (χ1) is 8.90. The van der Waals surface area contributed by atoms with Gasteiger partial charge in [0.2, 0.25) is 0 Å². The fourth-order valence-electron chi connectivity index (χ4n) is 1.91. The quantitative estimate of drug-likeness (QED) is 0.851. The van der Waals surface area contributed by atoms with Crippen LogP contribution < -0.4 is 10.1 Å². The zero-order valence-corrected chi connectivity index (χ0v) is 9.83. The highest BCUT2D eigenvalue weighted by Crippen LogP contribution is 2.26. The molecule has 1 aromatic carbocycles. The fraction of sp³-hybridized carbons (Fsp3) is 0.417. The third-order valence-corrected chi connectivity index (χ3v) is 2.81. The van der Waals surface area contributed by atoms with Crippen molar-refractivity contribution >= 4 is 5.91 Å². The van der Waals surface area contributed by atoms with Crippen molar-refractivity contribution in [2.45, 2.75) is 25.2 Å². The smallest absolute Gasteiger partial charge is 0.471 e. The number of ether oxygens (including phenoxy) is 1. The maximum atomic E-state index is 12.1. The summed E-state index contributed by atoms with van der Waals surface area (Å²) in [4.78, 5) is 10.8. The largest absolute Gasteiger partial charge is 0.491 e. The molecule has 19 heavy (non-hydrogen) atoms. The molecule has 2 N–H and O–H groups in total. The van der Waals surface area contributed by atoms with Gasteiger partial charge in [0.15, 0.2) is 0 Å². The van der Waals surface area contributed by atoms with E-state index < -0.39 is 18.1 Å². The number of hydrogen-bond acceptors (Lipinski definition) is 3. The van der Waals surface area contributed by atoms with E-state index in [4.69, 9.17) is 9.84 Å². The van der Waals surface area contributed by atoms with Crippen molar-refractivity contribution in [3.8, 4) is 5.75 Å². The number of nitrogens with one attached hydrogen (secondary N) is 1. The Kier molecular flexibility index (Phi) is 3.66. The van der Waals surface area contributed by atoms with E-state index in [-0.39, 0.29) is 19.6 Å². The lowest BCUT2D eigenvalue weighted by Gasteiger charge is -2.26. The van der Waals surface area contributed by atoms with Crippen LogP contribution in [0.4, 0.5) is 13.2 Å². The normalized spacial score (nSPS) is 18.4. The topological polar surface area (TPSA) is 58.6 Å². The average molecular weight is 275 g/mol. The fourth-order valence-corrected chi connectivity index (χ4v) is 1.91. The van der Waals surface area contributed by atoms with Gasteiger partial charge in [-0.05, 0) is 29.7 Å². The number of hydrogen-bond donors (Lipinski definition) is 2. The molecule has 1 atom stereocenters. The Morgan fingerprint density at radius 2 is 2.21 bits per heavy atom. The van der Waals surface area contributed by atoms with Gasteiger partial charge in [-0.25, -0.2) is 0 Å². The number of benzene rings is 1. The van der Waals surface area contributed by atoms with Gasteiger partial charge in [-0.3, -0.25) is 4.79 Å². The van der Waals surface area contributed by atoms with E-state index in [0.717, 1.165) is 0 Å². The van der Waals surface area contributed by atoms with Crippen LogP contribution in [-0.4, -0.2) is 29.8 Å². The summed E-state index contributed by atoms with van der Waals surface area (Å²) in [6.07, 6.45) is -4.65. The monoisotopic (exact) mass is 275 g/mol. The van der Waals surface area contributed by atoms with Gasteiger partial charge < -0.3 is 15.2 Å². The van der Waals surface area contributed by atoms with Crippen molar-refractivity contribution < 1.29 is 27.8 Å². The minimum atomic E-state index is -4.90.